The summed E-state index contributed by atoms with van der Waals surface area (Å²) in [6, 6.07) is 13.3. The van der Waals surface area contributed by atoms with Gasteiger partial charge in [-0.3, -0.25) is 9.59 Å². The number of rotatable bonds is 5. The molecule has 19 heavy (non-hydrogen) atoms. The second kappa shape index (κ2) is 6.16. The quantitative estimate of drug-likeness (QED) is 0.620. The molecule has 0 saturated carbocycles. The molecule has 96 valence electrons. The number of carbonyl (C=O) groups is 2. The van der Waals surface area contributed by atoms with Gasteiger partial charge >= 0.3 is 0 Å². The number of aldehydes is 1. The summed E-state index contributed by atoms with van der Waals surface area (Å²) in [4.78, 5) is 22.5. The first-order valence-electron chi connectivity index (χ1n) is 5.66. The highest BCUT2D eigenvalue weighted by Gasteiger charge is 2.06. The third kappa shape index (κ3) is 3.66. The van der Waals surface area contributed by atoms with Crippen LogP contribution in [0.1, 0.15) is 20.7 Å². The fourth-order valence-corrected chi connectivity index (χ4v) is 1.67. The second-order valence-electron chi connectivity index (χ2n) is 3.91. The Kier molecular flexibility index (Phi) is 4.31. The highest BCUT2D eigenvalue weighted by molar-refractivity contribution is 6.30. The minimum absolute atomic E-state index is 0.0794. The molecule has 4 heteroatoms. The normalized spacial score (nSPS) is 9.95. The van der Waals surface area contributed by atoms with Crippen LogP contribution in [0.5, 0.6) is 5.75 Å². The predicted octanol–water partition coefficient (Wildman–Crippen LogP) is 3.41. The van der Waals surface area contributed by atoms with Crippen molar-refractivity contribution < 1.29 is 14.3 Å². The lowest BCUT2D eigenvalue weighted by molar-refractivity contribution is 0.0921. The van der Waals surface area contributed by atoms with Crippen molar-refractivity contribution in [3.05, 3.63) is 64.7 Å². The van der Waals surface area contributed by atoms with Gasteiger partial charge in [0, 0.05) is 16.1 Å². The van der Waals surface area contributed by atoms with Crippen LogP contribution in [0.25, 0.3) is 0 Å². The summed E-state index contributed by atoms with van der Waals surface area (Å²) < 4.78 is 5.35. The van der Waals surface area contributed by atoms with Crippen LogP contribution in [0.15, 0.2) is 48.5 Å². The molecular weight excluding hydrogens is 264 g/mol. The third-order valence-corrected chi connectivity index (χ3v) is 2.78. The standard InChI is InChI=1S/C15H11ClO3/c16-13-6-4-12(5-7-13)15(18)10-19-14-3-1-2-11(8-14)9-17/h1-9H,10H2. The molecule has 0 spiro atoms. The molecule has 0 aliphatic carbocycles. The first-order chi connectivity index (χ1) is 9.19. The topological polar surface area (TPSA) is 43.4 Å². The number of Topliss-reactive ketones (excluding diaryl/α,β-unsaturated/α-hetero) is 1. The molecule has 2 aromatic rings. The minimum Gasteiger partial charge on any atom is -0.485 e. The van der Waals surface area contributed by atoms with Crippen LogP contribution >= 0.6 is 11.6 Å². The SMILES string of the molecule is O=Cc1cccc(OCC(=O)c2ccc(Cl)cc2)c1. The van der Waals surface area contributed by atoms with Gasteiger partial charge in [0.25, 0.3) is 0 Å². The maximum absolute atomic E-state index is 11.8. The number of benzene rings is 2. The van der Waals surface area contributed by atoms with Crippen molar-refractivity contribution >= 4 is 23.7 Å². The monoisotopic (exact) mass is 274 g/mol. The Morgan fingerprint density at radius 3 is 2.58 bits per heavy atom. The Morgan fingerprint density at radius 1 is 1.16 bits per heavy atom. The smallest absolute Gasteiger partial charge is 0.200 e. The van der Waals surface area contributed by atoms with E-state index in [1.807, 2.05) is 0 Å². The van der Waals surface area contributed by atoms with Gasteiger partial charge in [-0.05, 0) is 36.4 Å². The lowest BCUT2D eigenvalue weighted by atomic mass is 10.1. The van der Waals surface area contributed by atoms with Crippen LogP contribution in [-0.4, -0.2) is 18.7 Å². The zero-order valence-corrected chi connectivity index (χ0v) is 10.8. The van der Waals surface area contributed by atoms with Crippen molar-refractivity contribution in [3.63, 3.8) is 0 Å². The van der Waals surface area contributed by atoms with Crippen molar-refractivity contribution in [2.24, 2.45) is 0 Å². The van der Waals surface area contributed by atoms with Crippen LogP contribution in [0.4, 0.5) is 0 Å². The van der Waals surface area contributed by atoms with E-state index in [4.69, 9.17) is 16.3 Å². The molecule has 0 amide bonds. The fourth-order valence-electron chi connectivity index (χ4n) is 1.55. The number of carbonyl (C=O) groups excluding carboxylic acids is 2. The molecular formula is C15H11ClO3. The first kappa shape index (κ1) is 13.3. The van der Waals surface area contributed by atoms with E-state index < -0.39 is 0 Å². The van der Waals surface area contributed by atoms with Crippen molar-refractivity contribution in [1.82, 2.24) is 0 Å². The number of ketones is 1. The van der Waals surface area contributed by atoms with Crippen LogP contribution in [0.3, 0.4) is 0 Å². The van der Waals surface area contributed by atoms with Gasteiger partial charge in [0.1, 0.15) is 12.0 Å². The van der Waals surface area contributed by atoms with Gasteiger partial charge in [-0.2, -0.15) is 0 Å². The maximum Gasteiger partial charge on any atom is 0.200 e. The first-order valence-corrected chi connectivity index (χ1v) is 6.03. The molecule has 0 N–H and O–H groups in total. The fraction of sp³-hybridized carbons (Fsp3) is 0.0667. The Balaban J connectivity index is 2.00. The van der Waals surface area contributed by atoms with Crippen molar-refractivity contribution in [3.8, 4) is 5.75 Å². The molecule has 0 saturated heterocycles. The summed E-state index contributed by atoms with van der Waals surface area (Å²) in [5, 5.41) is 0.580. The lowest BCUT2D eigenvalue weighted by Gasteiger charge is -2.06. The van der Waals surface area contributed by atoms with Gasteiger partial charge < -0.3 is 4.74 Å². The third-order valence-electron chi connectivity index (χ3n) is 2.53. The molecule has 2 aromatic carbocycles. The van der Waals surface area contributed by atoms with Crippen molar-refractivity contribution in [2.45, 2.75) is 0 Å². The van der Waals surface area contributed by atoms with Gasteiger partial charge in [0.05, 0.1) is 0 Å². The Morgan fingerprint density at radius 2 is 1.89 bits per heavy atom. The van der Waals surface area contributed by atoms with Crippen LogP contribution in [-0.2, 0) is 0 Å². The van der Waals surface area contributed by atoms with Gasteiger partial charge in [0.2, 0.25) is 0 Å². The highest BCUT2D eigenvalue weighted by Crippen LogP contribution is 2.14. The zero-order chi connectivity index (χ0) is 13.7. The van der Waals surface area contributed by atoms with E-state index in [0.29, 0.717) is 21.9 Å². The van der Waals surface area contributed by atoms with E-state index in [2.05, 4.69) is 0 Å². The van der Waals surface area contributed by atoms with Gasteiger partial charge in [-0.1, -0.05) is 23.7 Å². The zero-order valence-electron chi connectivity index (χ0n) is 10.0. The number of hydrogen-bond donors (Lipinski definition) is 0. The number of hydrogen-bond acceptors (Lipinski definition) is 3. The van der Waals surface area contributed by atoms with Gasteiger partial charge in [0.15, 0.2) is 12.4 Å². The highest BCUT2D eigenvalue weighted by atomic mass is 35.5. The van der Waals surface area contributed by atoms with E-state index in [-0.39, 0.29) is 12.4 Å². The number of ether oxygens (including phenoxy) is 1. The Labute approximate surface area is 115 Å². The molecule has 0 bridgehead atoms. The second-order valence-corrected chi connectivity index (χ2v) is 4.35. The Bertz CT molecular complexity index is 591. The molecule has 0 fully saturated rings. The van der Waals surface area contributed by atoms with E-state index in [9.17, 15) is 9.59 Å². The van der Waals surface area contributed by atoms with E-state index in [0.717, 1.165) is 6.29 Å². The summed E-state index contributed by atoms with van der Waals surface area (Å²) in [6.07, 6.45) is 0.730. The molecule has 0 unspecified atom stereocenters. The lowest BCUT2D eigenvalue weighted by Crippen LogP contribution is -2.11. The van der Waals surface area contributed by atoms with Gasteiger partial charge in [-0.25, -0.2) is 0 Å². The van der Waals surface area contributed by atoms with Crippen LogP contribution in [0.2, 0.25) is 5.02 Å². The molecule has 0 heterocycles. The van der Waals surface area contributed by atoms with Crippen LogP contribution in [0, 0.1) is 0 Å². The molecule has 3 nitrogen and oxygen atoms in total. The molecule has 0 aliphatic rings. The van der Waals surface area contributed by atoms with E-state index in [1.54, 1.807) is 48.5 Å². The van der Waals surface area contributed by atoms with Gasteiger partial charge in [-0.15, -0.1) is 0 Å². The largest absolute Gasteiger partial charge is 0.485 e. The summed E-state index contributed by atoms with van der Waals surface area (Å²) >= 11 is 5.75. The van der Waals surface area contributed by atoms with E-state index >= 15 is 0 Å². The average Bonchev–Trinajstić information content (AvgIpc) is 2.46. The predicted molar refractivity (Wildman–Crippen MR) is 73.1 cm³/mol. The molecule has 0 aliphatic heterocycles. The summed E-state index contributed by atoms with van der Waals surface area (Å²) in [5.74, 6) is 0.347. The average molecular weight is 275 g/mol. The molecule has 0 aromatic heterocycles. The maximum atomic E-state index is 11.8. The van der Waals surface area contributed by atoms with E-state index in [1.165, 1.54) is 0 Å². The number of halogens is 1. The molecule has 2 rings (SSSR count). The molecule has 0 radical (unpaired) electrons. The Hall–Kier alpha value is -2.13. The summed E-state index contributed by atoms with van der Waals surface area (Å²) in [6.45, 7) is -0.0794. The summed E-state index contributed by atoms with van der Waals surface area (Å²) in [5.41, 5.74) is 1.05. The minimum atomic E-state index is -0.145. The van der Waals surface area contributed by atoms with Crippen LogP contribution < -0.4 is 4.74 Å². The molecule has 0 atom stereocenters. The van der Waals surface area contributed by atoms with Crippen molar-refractivity contribution in [1.29, 1.82) is 0 Å². The summed E-state index contributed by atoms with van der Waals surface area (Å²) in [7, 11) is 0. The van der Waals surface area contributed by atoms with Crippen molar-refractivity contribution in [2.75, 3.05) is 6.61 Å².